The first-order chi connectivity index (χ1) is 29.5. The van der Waals surface area contributed by atoms with Gasteiger partial charge < -0.3 is 40.2 Å². The number of esters is 2. The van der Waals surface area contributed by atoms with E-state index >= 15 is 0 Å². The fourth-order valence-corrected chi connectivity index (χ4v) is 7.13. The van der Waals surface area contributed by atoms with Gasteiger partial charge >= 0.3 is 19.8 Å². The normalized spacial score (nSPS) is 20.8. The lowest BCUT2D eigenvalue weighted by atomic mass is 9.87. The monoisotopic (exact) mass is 882 g/mol. The Labute approximate surface area is 366 Å². The Hall–Kier alpha value is -2.71. The minimum absolute atomic E-state index is 0.00471. The van der Waals surface area contributed by atoms with Gasteiger partial charge in [-0.2, -0.15) is 0 Å². The minimum Gasteiger partial charge on any atom is -0.462 e. The number of hydrogen-bond acceptors (Lipinski definition) is 12. The van der Waals surface area contributed by atoms with Gasteiger partial charge in [0.1, 0.15) is 6.61 Å². The van der Waals surface area contributed by atoms with E-state index in [1.165, 1.54) is 25.7 Å². The molecule has 1 aliphatic rings. The molecule has 13 nitrogen and oxygen atoms in total. The molecule has 0 amide bonds. The summed E-state index contributed by atoms with van der Waals surface area (Å²) in [6.07, 6.45) is 36.9. The predicted octanol–water partition coefficient (Wildman–Crippen LogP) is 9.16. The summed E-state index contributed by atoms with van der Waals surface area (Å²) >= 11 is 0. The summed E-state index contributed by atoms with van der Waals surface area (Å²) in [6.45, 7) is 3.23. The van der Waals surface area contributed by atoms with Gasteiger partial charge in [-0.15, -0.1) is 0 Å². The smallest absolute Gasteiger partial charge is 0.462 e. The highest BCUT2D eigenvalue weighted by Gasteiger charge is 2.35. The number of nitrogens with two attached hydrogens (primary N) is 1. The number of carbonyl (C=O) groups is 2. The van der Waals surface area contributed by atoms with Crippen LogP contribution in [0.25, 0.3) is 0 Å². The number of rotatable bonds is 37. The van der Waals surface area contributed by atoms with Crippen molar-refractivity contribution in [2.75, 3.05) is 26.4 Å². The second kappa shape index (κ2) is 37.8. The molecular weight excluding hydrogens is 801 g/mol. The van der Waals surface area contributed by atoms with E-state index in [4.69, 9.17) is 29.0 Å². The molecular formula is C47H80NO12P. The maximum Gasteiger partial charge on any atom is 0.472 e. The predicted molar refractivity (Wildman–Crippen MR) is 241 cm³/mol. The van der Waals surface area contributed by atoms with Crippen LogP contribution in [0.4, 0.5) is 0 Å². The van der Waals surface area contributed by atoms with Crippen LogP contribution < -0.4 is 5.73 Å². The Kier molecular flexibility index (Phi) is 34.9. The second-order valence-electron chi connectivity index (χ2n) is 15.4. The minimum atomic E-state index is -4.46. The lowest BCUT2D eigenvalue weighted by molar-refractivity contribution is -0.199. The summed E-state index contributed by atoms with van der Waals surface area (Å²) in [7, 11) is -4.46. The number of ether oxygens (including phenoxy) is 3. The van der Waals surface area contributed by atoms with Crippen molar-refractivity contribution in [3.05, 3.63) is 72.9 Å². The van der Waals surface area contributed by atoms with E-state index in [-0.39, 0.29) is 44.9 Å². The third-order valence-corrected chi connectivity index (χ3v) is 10.8. The number of phosphoric ester groups is 1. The maximum atomic E-state index is 12.6. The van der Waals surface area contributed by atoms with Crippen molar-refractivity contribution in [1.29, 1.82) is 0 Å². The van der Waals surface area contributed by atoms with E-state index in [9.17, 15) is 34.4 Å². The molecule has 14 heteroatoms. The summed E-state index contributed by atoms with van der Waals surface area (Å²) in [6, 6.07) is 0. The van der Waals surface area contributed by atoms with Crippen molar-refractivity contribution in [1.82, 2.24) is 0 Å². The van der Waals surface area contributed by atoms with E-state index in [2.05, 4.69) is 62.5 Å². The molecule has 0 aromatic heterocycles. The molecule has 1 rings (SSSR count). The van der Waals surface area contributed by atoms with E-state index in [1.807, 2.05) is 12.2 Å². The average molecular weight is 882 g/mol. The highest BCUT2D eigenvalue weighted by Crippen LogP contribution is 2.43. The number of allylic oxidation sites excluding steroid dienone is 10. The summed E-state index contributed by atoms with van der Waals surface area (Å²) in [5, 5.41) is 30.9. The number of aliphatic hydroxyl groups is 3. The first-order valence-corrected chi connectivity index (χ1v) is 24.3. The van der Waals surface area contributed by atoms with Crippen molar-refractivity contribution in [2.24, 2.45) is 11.7 Å². The number of carbonyl (C=O) groups excluding carboxylic acids is 2. The first kappa shape index (κ1) is 56.3. The van der Waals surface area contributed by atoms with E-state index in [0.29, 0.717) is 32.1 Å². The van der Waals surface area contributed by atoms with Crippen molar-refractivity contribution in [3.8, 4) is 0 Å². The second-order valence-corrected chi connectivity index (χ2v) is 16.9. The third kappa shape index (κ3) is 32.6. The van der Waals surface area contributed by atoms with Crippen LogP contribution in [-0.4, -0.2) is 89.2 Å². The molecule has 0 saturated carbocycles. The fraction of sp³-hybridized carbons (Fsp3) is 0.702. The maximum absolute atomic E-state index is 12.6. The van der Waals surface area contributed by atoms with Crippen molar-refractivity contribution >= 4 is 19.8 Å². The van der Waals surface area contributed by atoms with Crippen molar-refractivity contribution in [3.63, 3.8) is 0 Å². The van der Waals surface area contributed by atoms with Crippen LogP contribution >= 0.6 is 7.82 Å². The summed E-state index contributed by atoms with van der Waals surface area (Å²) in [4.78, 5) is 35.1. The van der Waals surface area contributed by atoms with Gasteiger partial charge in [-0.1, -0.05) is 125 Å². The molecule has 6 N–H and O–H groups in total. The molecule has 0 aromatic rings. The lowest BCUT2D eigenvalue weighted by Gasteiger charge is -2.36. The van der Waals surface area contributed by atoms with Gasteiger partial charge in [0, 0.05) is 31.7 Å². The Morgan fingerprint density at radius 2 is 1.34 bits per heavy atom. The van der Waals surface area contributed by atoms with Crippen LogP contribution in [0.2, 0.25) is 0 Å². The SMILES string of the molecule is CCCCC/C=C\C/C=C\C/C=C\C/C=C\CCCCCC(=O)O[C@H](COC(=O)CCC/C=C\C[C@H]1[C@@H](O)CC(O)O[C@@H]1/C=C/[C@@H](O)CCCCC)COP(=O)(O)OCCN. The number of hydrogen-bond donors (Lipinski definition) is 5. The molecule has 1 fully saturated rings. The summed E-state index contributed by atoms with van der Waals surface area (Å²) in [5.74, 6) is -1.38. The van der Waals surface area contributed by atoms with Crippen LogP contribution in [0.3, 0.4) is 0 Å². The van der Waals surface area contributed by atoms with E-state index in [0.717, 1.165) is 57.8 Å². The molecule has 61 heavy (non-hydrogen) atoms. The quantitative estimate of drug-likeness (QED) is 0.0171. The zero-order chi connectivity index (χ0) is 44.8. The number of phosphoric acid groups is 1. The molecule has 0 bridgehead atoms. The largest absolute Gasteiger partial charge is 0.472 e. The van der Waals surface area contributed by atoms with E-state index in [1.54, 1.807) is 12.2 Å². The van der Waals surface area contributed by atoms with Gasteiger partial charge in [0.05, 0.1) is 31.5 Å². The van der Waals surface area contributed by atoms with E-state index < -0.39 is 57.1 Å². The first-order valence-electron chi connectivity index (χ1n) is 22.8. The van der Waals surface area contributed by atoms with Gasteiger partial charge in [0.15, 0.2) is 12.4 Å². The molecule has 0 aliphatic carbocycles. The molecule has 2 unspecified atom stereocenters. The summed E-state index contributed by atoms with van der Waals surface area (Å²) in [5.41, 5.74) is 5.35. The number of unbranched alkanes of at least 4 members (excludes halogenated alkanes) is 9. The standard InChI is InChI=1S/C47H80NO12P/c1-3-5-7-8-9-10-11-12-13-14-15-16-17-18-19-20-21-22-28-32-46(52)59-41(39-58-61(54,55)57-36-35-48)38-56-45(51)31-27-24-23-26-30-42-43(50)37-47(53)60-44(42)34-33-40(49)29-25-6-4-2/h9-10,12-13,15-16,18-19,23,26,33-34,40-44,47,49-50,53H,3-8,11,14,17,20-22,24-25,27-32,35-39,48H2,1-2H3,(H,54,55)/b10-9-,13-12-,16-15-,19-18-,26-23-,34-33+/t40-,41+,42-,43-,44+,47?/m0/s1. The van der Waals surface area contributed by atoms with Gasteiger partial charge in [-0.25, -0.2) is 4.57 Å². The molecule has 1 heterocycles. The Bertz CT molecular complexity index is 1350. The van der Waals surface area contributed by atoms with Crippen LogP contribution in [0.15, 0.2) is 72.9 Å². The van der Waals surface area contributed by atoms with Crippen molar-refractivity contribution in [2.45, 2.75) is 179 Å². The Morgan fingerprint density at radius 3 is 2.00 bits per heavy atom. The van der Waals surface area contributed by atoms with Gasteiger partial charge in [-0.05, 0) is 77.0 Å². The lowest BCUT2D eigenvalue weighted by Crippen LogP contribution is -2.43. The van der Waals surface area contributed by atoms with Gasteiger partial charge in [0.2, 0.25) is 0 Å². The highest BCUT2D eigenvalue weighted by atomic mass is 31.2. The van der Waals surface area contributed by atoms with Crippen LogP contribution in [0, 0.1) is 5.92 Å². The average Bonchev–Trinajstić information content (AvgIpc) is 3.23. The van der Waals surface area contributed by atoms with Crippen LogP contribution in [0.5, 0.6) is 0 Å². The van der Waals surface area contributed by atoms with Gasteiger partial charge in [0.25, 0.3) is 0 Å². The zero-order valence-corrected chi connectivity index (χ0v) is 38.0. The number of aliphatic hydroxyl groups excluding tert-OH is 3. The molecule has 350 valence electrons. The Morgan fingerprint density at radius 1 is 0.754 bits per heavy atom. The fourth-order valence-electron chi connectivity index (χ4n) is 6.36. The molecule has 0 spiro atoms. The molecule has 0 radical (unpaired) electrons. The molecule has 1 aliphatic heterocycles. The van der Waals surface area contributed by atoms with Crippen LogP contribution in [0.1, 0.15) is 149 Å². The molecule has 1 saturated heterocycles. The highest BCUT2D eigenvalue weighted by molar-refractivity contribution is 7.47. The zero-order valence-electron chi connectivity index (χ0n) is 37.1. The molecule has 7 atom stereocenters. The molecule has 0 aromatic carbocycles. The summed E-state index contributed by atoms with van der Waals surface area (Å²) < 4.78 is 38.4. The van der Waals surface area contributed by atoms with Gasteiger partial charge in [-0.3, -0.25) is 18.6 Å². The topological polar surface area (TPSA) is 204 Å². The third-order valence-electron chi connectivity index (χ3n) is 9.86. The van der Waals surface area contributed by atoms with Crippen molar-refractivity contribution < 1.29 is 57.6 Å². The van der Waals surface area contributed by atoms with Crippen LogP contribution in [-0.2, 0) is 37.4 Å². The Balaban J connectivity index is 2.44.